The van der Waals surface area contributed by atoms with E-state index in [2.05, 4.69) is 92.2 Å². The number of hydrogen-bond donors (Lipinski definition) is 5. The summed E-state index contributed by atoms with van der Waals surface area (Å²) in [6, 6.07) is 23.6. The largest absolute Gasteiger partial charge is 0.508 e. The molecule has 0 amide bonds. The van der Waals surface area contributed by atoms with Gasteiger partial charge in [0, 0.05) is 29.5 Å². The summed E-state index contributed by atoms with van der Waals surface area (Å²) in [5, 5.41) is 28.3. The summed E-state index contributed by atoms with van der Waals surface area (Å²) in [5.41, 5.74) is 9.87. The standard InChI is InChI=1S/C30H41N3.C7H6O3.C2H6/c1-5-22(4)27-14-6-7-15-28(27)33-30(25-12-9-13-25)32-26-18-16-23(17-19-26)20-29(31-21(2)3)24-10-8-11-24;8-6-3-1-5(2-4-6)7(9)10;1-2/h6-7,14-19,21-22,31-33H,5,8-13,20H2,1-4H3;1-4,8H,(H,9,10);1-2H3. The van der Waals surface area contributed by atoms with Crippen molar-refractivity contribution in [2.75, 3.05) is 10.6 Å². The number of para-hydroxylation sites is 1. The van der Waals surface area contributed by atoms with Gasteiger partial charge >= 0.3 is 5.97 Å². The highest BCUT2D eigenvalue weighted by atomic mass is 16.4. The van der Waals surface area contributed by atoms with E-state index in [1.807, 2.05) is 13.8 Å². The lowest BCUT2D eigenvalue weighted by molar-refractivity contribution is 0.0697. The fourth-order valence-electron chi connectivity index (χ4n) is 5.15. The van der Waals surface area contributed by atoms with Crippen LogP contribution in [0.15, 0.2) is 95.5 Å². The Morgan fingerprint density at radius 1 is 0.800 bits per heavy atom. The van der Waals surface area contributed by atoms with Crippen molar-refractivity contribution < 1.29 is 15.0 Å². The normalized spacial score (nSPS) is 13.9. The Hall–Kier alpha value is -4.19. The number of benzene rings is 3. The molecule has 5 rings (SSSR count). The quantitative estimate of drug-likeness (QED) is 0.148. The Labute approximate surface area is 270 Å². The van der Waals surface area contributed by atoms with Crippen molar-refractivity contribution in [3.63, 3.8) is 0 Å². The number of hydrogen-bond acceptors (Lipinski definition) is 5. The number of nitrogens with one attached hydrogen (secondary N) is 3. The van der Waals surface area contributed by atoms with Gasteiger partial charge < -0.3 is 26.2 Å². The van der Waals surface area contributed by atoms with Gasteiger partial charge in [0.1, 0.15) is 11.6 Å². The molecule has 3 aromatic rings. The molecular weight excluding hydrogens is 558 g/mol. The number of carboxylic acids is 1. The van der Waals surface area contributed by atoms with Gasteiger partial charge in [-0.2, -0.15) is 0 Å². The molecule has 0 bridgehead atoms. The van der Waals surface area contributed by atoms with Gasteiger partial charge in [-0.3, -0.25) is 0 Å². The molecule has 6 heteroatoms. The lowest BCUT2D eigenvalue weighted by Gasteiger charge is -2.26. The number of aromatic carboxylic acids is 1. The number of carbonyl (C=O) groups is 1. The summed E-state index contributed by atoms with van der Waals surface area (Å²) in [5.74, 6) is 0.799. The van der Waals surface area contributed by atoms with Gasteiger partial charge in [0.15, 0.2) is 0 Å². The average Bonchev–Trinajstić information content (AvgIpc) is 2.97. The predicted molar refractivity (Wildman–Crippen MR) is 189 cm³/mol. The van der Waals surface area contributed by atoms with Crippen LogP contribution in [0, 0.1) is 0 Å². The SMILES string of the molecule is CC.CCC(C)c1ccccc1NC(Nc1ccc(CC(NC(C)C)=C2CCC2)cc1)=C1CCC1.O=C(O)c1ccc(O)cc1. The van der Waals surface area contributed by atoms with E-state index in [-0.39, 0.29) is 11.3 Å². The van der Waals surface area contributed by atoms with E-state index in [0.717, 1.165) is 18.5 Å². The lowest BCUT2D eigenvalue weighted by Crippen LogP contribution is -2.26. The van der Waals surface area contributed by atoms with Crippen LogP contribution in [0.4, 0.5) is 11.4 Å². The second kappa shape index (κ2) is 17.9. The van der Waals surface area contributed by atoms with Crippen molar-refractivity contribution >= 4 is 17.3 Å². The molecule has 45 heavy (non-hydrogen) atoms. The third-order valence-corrected chi connectivity index (χ3v) is 8.24. The van der Waals surface area contributed by atoms with Crippen LogP contribution in [0.2, 0.25) is 0 Å². The third-order valence-electron chi connectivity index (χ3n) is 8.24. The fraction of sp³-hybridized carbons (Fsp3) is 0.410. The van der Waals surface area contributed by atoms with Crippen LogP contribution in [-0.2, 0) is 6.42 Å². The number of carboxylic acid groups (broad SMARTS) is 1. The highest BCUT2D eigenvalue weighted by Gasteiger charge is 2.18. The summed E-state index contributed by atoms with van der Waals surface area (Å²) in [7, 11) is 0. The molecule has 2 fully saturated rings. The van der Waals surface area contributed by atoms with Gasteiger partial charge in [0.05, 0.1) is 5.56 Å². The van der Waals surface area contributed by atoms with Crippen LogP contribution in [0.3, 0.4) is 0 Å². The number of rotatable bonds is 11. The van der Waals surface area contributed by atoms with E-state index in [9.17, 15) is 4.79 Å². The maximum Gasteiger partial charge on any atom is 0.335 e. The summed E-state index contributed by atoms with van der Waals surface area (Å²) >= 11 is 0. The molecular formula is C39H53N3O3. The van der Waals surface area contributed by atoms with Gasteiger partial charge in [-0.25, -0.2) is 4.79 Å². The second-order valence-corrected chi connectivity index (χ2v) is 11.9. The van der Waals surface area contributed by atoms with Crippen LogP contribution in [-0.4, -0.2) is 22.2 Å². The zero-order valence-corrected chi connectivity index (χ0v) is 28.0. The van der Waals surface area contributed by atoms with Gasteiger partial charge in [0.2, 0.25) is 0 Å². The predicted octanol–water partition coefficient (Wildman–Crippen LogP) is 10.2. The van der Waals surface area contributed by atoms with Gasteiger partial charge in [-0.1, -0.05) is 63.6 Å². The minimum atomic E-state index is -0.986. The zero-order valence-electron chi connectivity index (χ0n) is 28.0. The molecule has 6 nitrogen and oxygen atoms in total. The van der Waals surface area contributed by atoms with Crippen molar-refractivity contribution in [1.29, 1.82) is 0 Å². The van der Waals surface area contributed by atoms with Crippen LogP contribution in [0.25, 0.3) is 0 Å². The van der Waals surface area contributed by atoms with E-state index in [0.29, 0.717) is 12.0 Å². The first kappa shape index (κ1) is 35.3. The number of aromatic hydroxyl groups is 1. The molecule has 0 radical (unpaired) electrons. The maximum atomic E-state index is 10.2. The minimum Gasteiger partial charge on any atom is -0.508 e. The van der Waals surface area contributed by atoms with E-state index in [4.69, 9.17) is 10.2 Å². The minimum absolute atomic E-state index is 0.0741. The topological polar surface area (TPSA) is 93.6 Å². The van der Waals surface area contributed by atoms with Crippen molar-refractivity contribution in [2.24, 2.45) is 0 Å². The van der Waals surface area contributed by atoms with Crippen molar-refractivity contribution in [2.45, 2.75) is 105 Å². The Morgan fingerprint density at radius 2 is 1.40 bits per heavy atom. The smallest absolute Gasteiger partial charge is 0.335 e. The van der Waals surface area contributed by atoms with Gasteiger partial charge in [-0.05, 0) is 124 Å². The molecule has 5 N–H and O–H groups in total. The van der Waals surface area contributed by atoms with Crippen LogP contribution in [0.1, 0.15) is 114 Å². The van der Waals surface area contributed by atoms with E-state index in [1.54, 1.807) is 5.57 Å². The number of phenols is 1. The Kier molecular flexibility index (Phi) is 14.1. The summed E-state index contributed by atoms with van der Waals surface area (Å²) in [4.78, 5) is 10.2. The Morgan fingerprint density at radius 3 is 1.91 bits per heavy atom. The molecule has 1 unspecified atom stereocenters. The molecule has 0 aromatic heterocycles. The molecule has 2 saturated carbocycles. The van der Waals surface area contributed by atoms with Crippen LogP contribution >= 0.6 is 0 Å². The summed E-state index contributed by atoms with van der Waals surface area (Å²) < 4.78 is 0. The van der Waals surface area contributed by atoms with Gasteiger partial charge in [0.25, 0.3) is 0 Å². The number of anilines is 2. The van der Waals surface area contributed by atoms with Crippen LogP contribution < -0.4 is 16.0 Å². The second-order valence-electron chi connectivity index (χ2n) is 11.9. The molecule has 3 aromatic carbocycles. The molecule has 0 aliphatic heterocycles. The molecule has 0 heterocycles. The first-order valence-electron chi connectivity index (χ1n) is 16.7. The Balaban J connectivity index is 0.000000389. The van der Waals surface area contributed by atoms with Crippen molar-refractivity contribution in [1.82, 2.24) is 5.32 Å². The van der Waals surface area contributed by atoms with E-state index in [1.165, 1.54) is 96.7 Å². The Bertz CT molecular complexity index is 1410. The summed E-state index contributed by atoms with van der Waals surface area (Å²) in [6.45, 7) is 13.0. The average molecular weight is 612 g/mol. The van der Waals surface area contributed by atoms with E-state index < -0.39 is 5.97 Å². The van der Waals surface area contributed by atoms with Crippen LogP contribution in [0.5, 0.6) is 5.75 Å². The lowest BCUT2D eigenvalue weighted by atomic mass is 9.88. The van der Waals surface area contributed by atoms with E-state index >= 15 is 0 Å². The first-order chi connectivity index (χ1) is 21.7. The van der Waals surface area contributed by atoms with Crippen molar-refractivity contribution in [3.8, 4) is 5.75 Å². The monoisotopic (exact) mass is 611 g/mol. The third kappa shape index (κ3) is 10.7. The highest BCUT2D eigenvalue weighted by Crippen LogP contribution is 2.33. The fourth-order valence-corrected chi connectivity index (χ4v) is 5.15. The molecule has 2 aliphatic rings. The molecule has 0 saturated heterocycles. The highest BCUT2D eigenvalue weighted by molar-refractivity contribution is 5.87. The summed E-state index contributed by atoms with van der Waals surface area (Å²) in [6.07, 6.45) is 9.64. The molecule has 1 atom stereocenters. The zero-order chi connectivity index (χ0) is 32.8. The first-order valence-corrected chi connectivity index (χ1v) is 16.7. The van der Waals surface area contributed by atoms with Crippen molar-refractivity contribution in [3.05, 3.63) is 112 Å². The molecule has 242 valence electrons. The number of allylic oxidation sites excluding steroid dienone is 3. The van der Waals surface area contributed by atoms with Gasteiger partial charge in [-0.15, -0.1) is 0 Å². The molecule has 2 aliphatic carbocycles. The maximum absolute atomic E-state index is 10.2. The number of phenolic OH excluding ortho intramolecular Hbond substituents is 1. The molecule has 0 spiro atoms.